The van der Waals surface area contributed by atoms with Crippen LogP contribution in [0.5, 0.6) is 0 Å². The van der Waals surface area contributed by atoms with Crippen LogP contribution in [0.4, 0.5) is 0 Å². The summed E-state index contributed by atoms with van der Waals surface area (Å²) in [5, 5.41) is 11.5. The van der Waals surface area contributed by atoms with Gasteiger partial charge in [0.15, 0.2) is 5.96 Å². The second kappa shape index (κ2) is 14.9. The van der Waals surface area contributed by atoms with Crippen molar-refractivity contribution in [2.24, 2.45) is 10.7 Å². The zero-order chi connectivity index (χ0) is 11.4. The topological polar surface area (TPSA) is 79.9 Å². The Bertz CT molecular complexity index is 168. The standard InChI is InChI=1S/C10H23N3O2.HI/c1-2-3-5-12-10(11)13-6-4-8-15-9-7-14;/h14H,2-9H2,1H3,(H3,11,12,13);1H. The lowest BCUT2D eigenvalue weighted by molar-refractivity contribution is 0.0918. The lowest BCUT2D eigenvalue weighted by atomic mass is 10.3. The van der Waals surface area contributed by atoms with Crippen LogP contribution in [0.3, 0.4) is 0 Å². The van der Waals surface area contributed by atoms with Crippen LogP contribution in [0.25, 0.3) is 0 Å². The number of unbranched alkanes of at least 4 members (excludes halogenated alkanes) is 1. The van der Waals surface area contributed by atoms with Gasteiger partial charge in [-0.1, -0.05) is 13.3 Å². The van der Waals surface area contributed by atoms with E-state index in [0.717, 1.165) is 25.8 Å². The molecular formula is C10H24IN3O2. The largest absolute Gasteiger partial charge is 0.394 e. The summed E-state index contributed by atoms with van der Waals surface area (Å²) in [6.45, 7) is 4.76. The van der Waals surface area contributed by atoms with Gasteiger partial charge in [0.05, 0.1) is 13.2 Å². The molecule has 0 fully saturated rings. The van der Waals surface area contributed by atoms with E-state index in [1.807, 2.05) is 0 Å². The Labute approximate surface area is 115 Å². The van der Waals surface area contributed by atoms with E-state index < -0.39 is 0 Å². The highest BCUT2D eigenvalue weighted by molar-refractivity contribution is 14.0. The molecule has 0 aliphatic rings. The minimum atomic E-state index is 0. The van der Waals surface area contributed by atoms with E-state index in [1.165, 1.54) is 0 Å². The van der Waals surface area contributed by atoms with Gasteiger partial charge in [-0.05, 0) is 12.8 Å². The molecule has 0 aliphatic carbocycles. The number of nitrogens with two attached hydrogens (primary N) is 1. The minimum Gasteiger partial charge on any atom is -0.394 e. The van der Waals surface area contributed by atoms with E-state index in [4.69, 9.17) is 15.6 Å². The van der Waals surface area contributed by atoms with Crippen LogP contribution in [-0.2, 0) is 4.74 Å². The summed E-state index contributed by atoms with van der Waals surface area (Å²) >= 11 is 0. The number of nitrogens with one attached hydrogen (secondary N) is 1. The summed E-state index contributed by atoms with van der Waals surface area (Å²) in [7, 11) is 0. The predicted octanol–water partition coefficient (Wildman–Crippen LogP) is 0.708. The molecule has 5 nitrogen and oxygen atoms in total. The minimum absolute atomic E-state index is 0. The maximum atomic E-state index is 8.45. The lowest BCUT2D eigenvalue weighted by Crippen LogP contribution is -2.32. The smallest absolute Gasteiger partial charge is 0.188 e. The third-order valence-corrected chi connectivity index (χ3v) is 1.80. The van der Waals surface area contributed by atoms with Crippen LogP contribution in [0.15, 0.2) is 4.99 Å². The highest BCUT2D eigenvalue weighted by atomic mass is 127. The van der Waals surface area contributed by atoms with Crippen molar-refractivity contribution >= 4 is 29.9 Å². The number of ether oxygens (including phenoxy) is 1. The van der Waals surface area contributed by atoms with Crippen molar-refractivity contribution in [1.29, 1.82) is 0 Å². The number of rotatable bonds is 9. The van der Waals surface area contributed by atoms with Crippen molar-refractivity contribution in [3.05, 3.63) is 0 Å². The normalized spacial score (nSPS) is 11.0. The lowest BCUT2D eigenvalue weighted by Gasteiger charge is -2.04. The number of guanidine groups is 1. The highest BCUT2D eigenvalue weighted by Gasteiger charge is 1.91. The summed E-state index contributed by atoms with van der Waals surface area (Å²) in [6, 6.07) is 0. The van der Waals surface area contributed by atoms with Crippen molar-refractivity contribution in [2.45, 2.75) is 26.2 Å². The maximum absolute atomic E-state index is 8.45. The summed E-state index contributed by atoms with van der Waals surface area (Å²) in [5.74, 6) is 0.505. The highest BCUT2D eigenvalue weighted by Crippen LogP contribution is 1.85. The van der Waals surface area contributed by atoms with Crippen LogP contribution in [0, 0.1) is 0 Å². The first-order valence-electron chi connectivity index (χ1n) is 5.53. The first-order chi connectivity index (χ1) is 7.31. The van der Waals surface area contributed by atoms with E-state index in [9.17, 15) is 0 Å². The Kier molecular flexibility index (Phi) is 17.1. The number of aliphatic hydroxyl groups is 1. The molecule has 6 heteroatoms. The van der Waals surface area contributed by atoms with Gasteiger partial charge in [0.2, 0.25) is 0 Å². The van der Waals surface area contributed by atoms with Gasteiger partial charge in [-0.2, -0.15) is 0 Å². The average molecular weight is 345 g/mol. The molecule has 0 bridgehead atoms. The maximum Gasteiger partial charge on any atom is 0.188 e. The molecule has 0 unspecified atom stereocenters. The van der Waals surface area contributed by atoms with Crippen LogP contribution in [0.1, 0.15) is 26.2 Å². The Hall–Kier alpha value is -0.0800. The number of nitrogens with zero attached hydrogens (tertiary/aromatic N) is 1. The number of aliphatic hydroxyl groups excluding tert-OH is 1. The second-order valence-corrected chi connectivity index (χ2v) is 3.24. The molecule has 0 saturated heterocycles. The van der Waals surface area contributed by atoms with Crippen molar-refractivity contribution < 1.29 is 9.84 Å². The number of aliphatic imine (C=N–C) groups is 1. The fourth-order valence-electron chi connectivity index (χ4n) is 0.982. The van der Waals surface area contributed by atoms with Gasteiger partial charge < -0.3 is 20.9 Å². The van der Waals surface area contributed by atoms with Crippen LogP contribution in [-0.4, -0.2) is 44.0 Å². The molecule has 0 radical (unpaired) electrons. The monoisotopic (exact) mass is 345 g/mol. The Morgan fingerprint density at radius 3 is 2.75 bits per heavy atom. The van der Waals surface area contributed by atoms with E-state index >= 15 is 0 Å². The van der Waals surface area contributed by atoms with Gasteiger partial charge in [-0.25, -0.2) is 0 Å². The second-order valence-electron chi connectivity index (χ2n) is 3.24. The number of halogens is 1. The predicted molar refractivity (Wildman–Crippen MR) is 77.3 cm³/mol. The summed E-state index contributed by atoms with van der Waals surface area (Å²) in [4.78, 5) is 4.13. The third-order valence-electron chi connectivity index (χ3n) is 1.80. The molecule has 0 rings (SSSR count). The SMILES string of the molecule is CCCCNC(N)=NCCCOCCO.I. The molecule has 0 aromatic heterocycles. The molecule has 0 heterocycles. The Morgan fingerprint density at radius 2 is 2.12 bits per heavy atom. The van der Waals surface area contributed by atoms with Crippen molar-refractivity contribution in [2.75, 3.05) is 32.9 Å². The van der Waals surface area contributed by atoms with Crippen LogP contribution >= 0.6 is 24.0 Å². The Morgan fingerprint density at radius 1 is 1.38 bits per heavy atom. The molecule has 0 aromatic carbocycles. The fourth-order valence-corrected chi connectivity index (χ4v) is 0.982. The molecular weight excluding hydrogens is 321 g/mol. The molecule has 0 spiro atoms. The van der Waals surface area contributed by atoms with E-state index in [2.05, 4.69) is 17.2 Å². The summed E-state index contributed by atoms with van der Waals surface area (Å²) < 4.78 is 5.08. The first kappa shape index (κ1) is 18.3. The van der Waals surface area contributed by atoms with Gasteiger partial charge in [-0.3, -0.25) is 4.99 Å². The van der Waals surface area contributed by atoms with Crippen LogP contribution < -0.4 is 11.1 Å². The van der Waals surface area contributed by atoms with Crippen LogP contribution in [0.2, 0.25) is 0 Å². The Balaban J connectivity index is 0. The molecule has 0 atom stereocenters. The van der Waals surface area contributed by atoms with E-state index in [0.29, 0.717) is 25.7 Å². The zero-order valence-corrected chi connectivity index (χ0v) is 12.3. The average Bonchev–Trinajstić information content (AvgIpc) is 2.23. The van der Waals surface area contributed by atoms with Crippen molar-refractivity contribution in [3.63, 3.8) is 0 Å². The van der Waals surface area contributed by atoms with E-state index in [-0.39, 0.29) is 30.6 Å². The van der Waals surface area contributed by atoms with E-state index in [1.54, 1.807) is 0 Å². The van der Waals surface area contributed by atoms with Gasteiger partial charge >= 0.3 is 0 Å². The molecule has 0 saturated carbocycles. The third kappa shape index (κ3) is 13.9. The first-order valence-corrected chi connectivity index (χ1v) is 5.53. The molecule has 0 aromatic rings. The number of hydrogen-bond acceptors (Lipinski definition) is 3. The summed E-state index contributed by atoms with van der Waals surface area (Å²) in [5.41, 5.74) is 5.61. The zero-order valence-electron chi connectivity index (χ0n) is 9.95. The van der Waals surface area contributed by atoms with Crippen molar-refractivity contribution in [1.82, 2.24) is 5.32 Å². The quantitative estimate of drug-likeness (QED) is 0.249. The van der Waals surface area contributed by atoms with Gasteiger partial charge in [0.1, 0.15) is 0 Å². The van der Waals surface area contributed by atoms with Gasteiger partial charge in [0, 0.05) is 19.7 Å². The number of hydrogen-bond donors (Lipinski definition) is 3. The molecule has 16 heavy (non-hydrogen) atoms. The fraction of sp³-hybridized carbons (Fsp3) is 0.900. The molecule has 0 amide bonds. The van der Waals surface area contributed by atoms with Gasteiger partial charge in [0.25, 0.3) is 0 Å². The molecule has 0 aliphatic heterocycles. The van der Waals surface area contributed by atoms with Gasteiger partial charge in [-0.15, -0.1) is 24.0 Å². The molecule has 98 valence electrons. The van der Waals surface area contributed by atoms with Crippen molar-refractivity contribution in [3.8, 4) is 0 Å². The molecule has 4 N–H and O–H groups in total. The summed E-state index contributed by atoms with van der Waals surface area (Å²) in [6.07, 6.45) is 3.08.